The summed E-state index contributed by atoms with van der Waals surface area (Å²) in [6.07, 6.45) is 1.83. The molecular weight excluding hydrogens is 292 g/mol. The molecule has 0 fully saturated rings. The maximum Gasteiger partial charge on any atom is 0.209 e. The van der Waals surface area contributed by atoms with Crippen LogP contribution in [0.15, 0.2) is 59.6 Å². The second-order valence-electron chi connectivity index (χ2n) is 4.80. The number of thiazole rings is 1. The molecule has 0 saturated carbocycles. The monoisotopic (exact) mass is 308 g/mol. The van der Waals surface area contributed by atoms with Crippen molar-refractivity contribution in [1.82, 2.24) is 4.98 Å². The molecule has 0 saturated heterocycles. The molecule has 2 aromatic carbocycles. The van der Waals surface area contributed by atoms with Crippen molar-refractivity contribution >= 4 is 22.7 Å². The molecule has 0 aliphatic rings. The van der Waals surface area contributed by atoms with Gasteiger partial charge in [-0.2, -0.15) is 0 Å². The molecule has 0 spiro atoms. The fourth-order valence-corrected chi connectivity index (χ4v) is 2.90. The standard InChI is InChI=1S/C18H16N2OS/c1-13-17(15-6-4-3-5-7-15)20-18(22-13)19-12-14-8-10-16(21-2)11-9-14/h3-12H,1-2H3. The van der Waals surface area contributed by atoms with Gasteiger partial charge in [-0.1, -0.05) is 41.7 Å². The second kappa shape index (κ2) is 6.54. The van der Waals surface area contributed by atoms with Crippen LogP contribution in [-0.2, 0) is 0 Å². The summed E-state index contributed by atoms with van der Waals surface area (Å²) in [7, 11) is 1.66. The number of aliphatic imine (C=N–C) groups is 1. The van der Waals surface area contributed by atoms with E-state index >= 15 is 0 Å². The summed E-state index contributed by atoms with van der Waals surface area (Å²) >= 11 is 1.60. The second-order valence-corrected chi connectivity index (χ2v) is 5.98. The van der Waals surface area contributed by atoms with Gasteiger partial charge in [0.2, 0.25) is 5.13 Å². The Morgan fingerprint density at radius 2 is 1.77 bits per heavy atom. The lowest BCUT2D eigenvalue weighted by molar-refractivity contribution is 0.415. The Labute approximate surface area is 134 Å². The van der Waals surface area contributed by atoms with E-state index in [4.69, 9.17) is 4.74 Å². The third-order valence-corrected chi connectivity index (χ3v) is 4.15. The first-order valence-electron chi connectivity index (χ1n) is 6.97. The van der Waals surface area contributed by atoms with E-state index in [1.54, 1.807) is 18.4 Å². The molecule has 1 heterocycles. The highest BCUT2D eigenvalue weighted by molar-refractivity contribution is 7.15. The largest absolute Gasteiger partial charge is 0.497 e. The minimum absolute atomic E-state index is 0.771. The zero-order chi connectivity index (χ0) is 15.4. The Kier molecular flexibility index (Phi) is 4.30. The Hall–Kier alpha value is -2.46. The van der Waals surface area contributed by atoms with E-state index in [2.05, 4.69) is 29.0 Å². The summed E-state index contributed by atoms with van der Waals surface area (Å²) in [5, 5.41) is 0.771. The molecule has 110 valence electrons. The highest BCUT2D eigenvalue weighted by Crippen LogP contribution is 2.31. The van der Waals surface area contributed by atoms with E-state index in [1.807, 2.05) is 48.7 Å². The molecule has 3 rings (SSSR count). The Morgan fingerprint density at radius 3 is 2.45 bits per heavy atom. The van der Waals surface area contributed by atoms with Crippen molar-refractivity contribution in [3.63, 3.8) is 0 Å². The molecule has 0 unspecified atom stereocenters. The topological polar surface area (TPSA) is 34.5 Å². The third kappa shape index (κ3) is 3.23. The maximum absolute atomic E-state index is 5.15. The van der Waals surface area contributed by atoms with Crippen molar-refractivity contribution in [2.24, 2.45) is 4.99 Å². The molecule has 4 heteroatoms. The van der Waals surface area contributed by atoms with Gasteiger partial charge in [0, 0.05) is 16.7 Å². The highest BCUT2D eigenvalue weighted by Gasteiger charge is 2.08. The van der Waals surface area contributed by atoms with Crippen molar-refractivity contribution < 1.29 is 4.74 Å². The summed E-state index contributed by atoms with van der Waals surface area (Å²) in [4.78, 5) is 10.3. The zero-order valence-electron chi connectivity index (χ0n) is 12.5. The number of benzene rings is 2. The Balaban J connectivity index is 1.82. The minimum atomic E-state index is 0.771. The minimum Gasteiger partial charge on any atom is -0.497 e. The van der Waals surface area contributed by atoms with Gasteiger partial charge in [-0.05, 0) is 36.8 Å². The predicted molar refractivity (Wildman–Crippen MR) is 92.5 cm³/mol. The lowest BCUT2D eigenvalue weighted by atomic mass is 10.1. The lowest BCUT2D eigenvalue weighted by Gasteiger charge is -1.98. The first-order valence-corrected chi connectivity index (χ1v) is 7.79. The molecule has 0 atom stereocenters. The summed E-state index contributed by atoms with van der Waals surface area (Å²) in [6.45, 7) is 2.08. The number of aromatic nitrogens is 1. The van der Waals surface area contributed by atoms with Crippen molar-refractivity contribution in [2.45, 2.75) is 6.92 Å². The fourth-order valence-electron chi connectivity index (χ4n) is 2.12. The number of aryl methyl sites for hydroxylation is 1. The first-order chi connectivity index (χ1) is 10.8. The van der Waals surface area contributed by atoms with Crippen LogP contribution in [0.25, 0.3) is 11.3 Å². The molecule has 0 N–H and O–H groups in total. The highest BCUT2D eigenvalue weighted by atomic mass is 32.1. The molecule has 0 amide bonds. The van der Waals surface area contributed by atoms with E-state index in [1.165, 1.54) is 4.88 Å². The number of nitrogens with zero attached hydrogens (tertiary/aromatic N) is 2. The van der Waals surface area contributed by atoms with Gasteiger partial charge in [0.05, 0.1) is 12.8 Å². The summed E-state index contributed by atoms with van der Waals surface area (Å²) in [5.41, 5.74) is 3.16. The van der Waals surface area contributed by atoms with E-state index in [9.17, 15) is 0 Å². The van der Waals surface area contributed by atoms with E-state index < -0.39 is 0 Å². The Bertz CT molecular complexity index is 777. The van der Waals surface area contributed by atoms with Crippen molar-refractivity contribution in [3.05, 3.63) is 65.0 Å². The Morgan fingerprint density at radius 1 is 1.05 bits per heavy atom. The van der Waals surface area contributed by atoms with Crippen LogP contribution in [0.4, 0.5) is 5.13 Å². The molecule has 22 heavy (non-hydrogen) atoms. The van der Waals surface area contributed by atoms with Gasteiger partial charge >= 0.3 is 0 Å². The van der Waals surface area contributed by atoms with Crippen LogP contribution in [0, 0.1) is 6.92 Å². The van der Waals surface area contributed by atoms with Crippen LogP contribution < -0.4 is 4.74 Å². The smallest absolute Gasteiger partial charge is 0.209 e. The number of ether oxygens (including phenoxy) is 1. The van der Waals surface area contributed by atoms with Crippen LogP contribution >= 0.6 is 11.3 Å². The quantitative estimate of drug-likeness (QED) is 0.644. The van der Waals surface area contributed by atoms with E-state index in [0.29, 0.717) is 0 Å². The molecule has 0 aliphatic heterocycles. The number of rotatable bonds is 4. The van der Waals surface area contributed by atoms with Crippen LogP contribution in [-0.4, -0.2) is 18.3 Å². The molecule has 3 aromatic rings. The molecule has 3 nitrogen and oxygen atoms in total. The van der Waals surface area contributed by atoms with Crippen LogP contribution in [0.1, 0.15) is 10.4 Å². The summed E-state index contributed by atoms with van der Waals surface area (Å²) < 4.78 is 5.15. The van der Waals surface area contributed by atoms with Crippen LogP contribution in [0.5, 0.6) is 5.75 Å². The lowest BCUT2D eigenvalue weighted by Crippen LogP contribution is -1.84. The predicted octanol–water partition coefficient (Wildman–Crippen LogP) is 4.88. The third-order valence-electron chi connectivity index (χ3n) is 3.27. The van der Waals surface area contributed by atoms with Gasteiger partial charge < -0.3 is 4.74 Å². The normalized spacial score (nSPS) is 11.0. The molecule has 0 radical (unpaired) electrons. The van der Waals surface area contributed by atoms with Gasteiger partial charge in [-0.25, -0.2) is 9.98 Å². The molecule has 0 aliphatic carbocycles. The summed E-state index contributed by atoms with van der Waals surface area (Å²) in [6, 6.07) is 18.0. The van der Waals surface area contributed by atoms with Crippen LogP contribution in [0.2, 0.25) is 0 Å². The van der Waals surface area contributed by atoms with Gasteiger partial charge in [-0.3, -0.25) is 0 Å². The molecular formula is C18H16N2OS. The molecule has 0 bridgehead atoms. The van der Waals surface area contributed by atoms with E-state index in [0.717, 1.165) is 27.7 Å². The van der Waals surface area contributed by atoms with Crippen molar-refractivity contribution in [3.8, 4) is 17.0 Å². The maximum atomic E-state index is 5.15. The van der Waals surface area contributed by atoms with Gasteiger partial charge in [0.25, 0.3) is 0 Å². The number of hydrogen-bond acceptors (Lipinski definition) is 4. The fraction of sp³-hybridized carbons (Fsp3) is 0.111. The van der Waals surface area contributed by atoms with Crippen molar-refractivity contribution in [1.29, 1.82) is 0 Å². The van der Waals surface area contributed by atoms with Gasteiger partial charge in [0.1, 0.15) is 5.75 Å². The van der Waals surface area contributed by atoms with E-state index in [-0.39, 0.29) is 0 Å². The average Bonchev–Trinajstić information content (AvgIpc) is 2.95. The average molecular weight is 308 g/mol. The summed E-state index contributed by atoms with van der Waals surface area (Å²) in [5.74, 6) is 0.841. The first kappa shape index (κ1) is 14.5. The zero-order valence-corrected chi connectivity index (χ0v) is 13.3. The SMILES string of the molecule is COc1ccc(C=Nc2nc(-c3ccccc3)c(C)s2)cc1. The number of methoxy groups -OCH3 is 1. The van der Waals surface area contributed by atoms with Crippen LogP contribution in [0.3, 0.4) is 0 Å². The van der Waals surface area contributed by atoms with Gasteiger partial charge in [0.15, 0.2) is 0 Å². The molecule has 1 aromatic heterocycles. The van der Waals surface area contributed by atoms with Crippen molar-refractivity contribution in [2.75, 3.05) is 7.11 Å². The number of hydrogen-bond donors (Lipinski definition) is 0. The van der Waals surface area contributed by atoms with Gasteiger partial charge in [-0.15, -0.1) is 0 Å².